The van der Waals surface area contributed by atoms with Gasteiger partial charge in [-0.25, -0.2) is 9.97 Å². The van der Waals surface area contributed by atoms with E-state index in [9.17, 15) is 18.0 Å². The largest absolute Gasteiger partial charge is 0.417 e. The number of nitrogens with one attached hydrogen (secondary N) is 2. The van der Waals surface area contributed by atoms with Gasteiger partial charge in [0.25, 0.3) is 5.91 Å². The lowest BCUT2D eigenvalue weighted by Crippen LogP contribution is -2.32. The lowest BCUT2D eigenvalue weighted by molar-refractivity contribution is -0.138. The summed E-state index contributed by atoms with van der Waals surface area (Å²) in [5, 5.41) is 5.75. The van der Waals surface area contributed by atoms with Gasteiger partial charge in [0.2, 0.25) is 5.95 Å². The Bertz CT molecular complexity index is 1440. The van der Waals surface area contributed by atoms with Gasteiger partial charge in [0.05, 0.1) is 16.8 Å². The average molecular weight is 506 g/mol. The molecule has 4 aromatic rings. The molecule has 1 aromatic carbocycles. The van der Waals surface area contributed by atoms with Crippen molar-refractivity contribution >= 4 is 28.9 Å². The van der Waals surface area contributed by atoms with E-state index < -0.39 is 23.2 Å². The second-order valence-corrected chi connectivity index (χ2v) is 8.57. The van der Waals surface area contributed by atoms with Crippen molar-refractivity contribution in [2.45, 2.75) is 26.1 Å². The van der Waals surface area contributed by atoms with Crippen LogP contribution >= 0.6 is 0 Å². The van der Waals surface area contributed by atoms with Crippen molar-refractivity contribution in [3.63, 3.8) is 0 Å². The molecule has 0 aliphatic carbocycles. The van der Waals surface area contributed by atoms with E-state index in [-0.39, 0.29) is 0 Å². The maximum Gasteiger partial charge on any atom is 0.417 e. The first-order chi connectivity index (χ1) is 17.8. The zero-order valence-corrected chi connectivity index (χ0v) is 19.8. The number of anilines is 4. The van der Waals surface area contributed by atoms with E-state index in [4.69, 9.17) is 0 Å². The summed E-state index contributed by atoms with van der Waals surface area (Å²) in [6.07, 6.45) is 3.12. The van der Waals surface area contributed by atoms with Gasteiger partial charge < -0.3 is 15.5 Å². The molecule has 1 aliphatic rings. The topological polar surface area (TPSA) is 95.9 Å². The zero-order chi connectivity index (χ0) is 26.0. The molecule has 0 spiro atoms. The van der Waals surface area contributed by atoms with E-state index in [0.29, 0.717) is 31.1 Å². The van der Waals surface area contributed by atoms with Crippen LogP contribution in [0.2, 0.25) is 0 Å². The highest BCUT2D eigenvalue weighted by molar-refractivity contribution is 6.05. The van der Waals surface area contributed by atoms with Crippen LogP contribution in [-0.4, -0.2) is 32.4 Å². The smallest absolute Gasteiger partial charge is 0.366 e. The minimum Gasteiger partial charge on any atom is -0.366 e. The van der Waals surface area contributed by atoms with E-state index in [1.807, 2.05) is 25.1 Å². The monoisotopic (exact) mass is 505 g/mol. The number of aromatic nitrogens is 4. The van der Waals surface area contributed by atoms with Crippen molar-refractivity contribution in [1.29, 1.82) is 0 Å². The van der Waals surface area contributed by atoms with Crippen LogP contribution < -0.4 is 15.5 Å². The van der Waals surface area contributed by atoms with Crippen LogP contribution in [0.1, 0.15) is 32.7 Å². The maximum atomic E-state index is 13.3. The van der Waals surface area contributed by atoms with Gasteiger partial charge >= 0.3 is 6.18 Å². The van der Waals surface area contributed by atoms with Crippen molar-refractivity contribution in [2.24, 2.45) is 0 Å². The molecule has 1 aliphatic heterocycles. The summed E-state index contributed by atoms with van der Waals surface area (Å²) < 4.78 is 40.0. The molecule has 8 nitrogen and oxygen atoms in total. The first-order valence-corrected chi connectivity index (χ1v) is 11.5. The molecule has 188 valence electrons. The van der Waals surface area contributed by atoms with E-state index in [1.165, 1.54) is 0 Å². The minimum absolute atomic E-state index is 0.390. The van der Waals surface area contributed by atoms with Crippen LogP contribution in [0.5, 0.6) is 0 Å². The molecule has 0 unspecified atom stereocenters. The predicted octanol–water partition coefficient (Wildman–Crippen LogP) is 5.15. The summed E-state index contributed by atoms with van der Waals surface area (Å²) in [7, 11) is 0. The number of amides is 1. The molecule has 5 rings (SSSR count). The average Bonchev–Trinajstić information content (AvgIpc) is 2.89. The van der Waals surface area contributed by atoms with Crippen molar-refractivity contribution < 1.29 is 18.0 Å². The third kappa shape index (κ3) is 5.35. The van der Waals surface area contributed by atoms with E-state index >= 15 is 0 Å². The number of nitrogens with zero attached hydrogens (tertiary/aromatic N) is 5. The highest BCUT2D eigenvalue weighted by atomic mass is 19.4. The Hall–Kier alpha value is -4.54. The fourth-order valence-electron chi connectivity index (χ4n) is 4.20. The Labute approximate surface area is 210 Å². The third-order valence-corrected chi connectivity index (χ3v) is 6.05. The summed E-state index contributed by atoms with van der Waals surface area (Å²) >= 11 is 0. The number of carbonyl (C=O) groups excluding carboxylic acids is 1. The lowest BCUT2D eigenvalue weighted by atomic mass is 10.0. The van der Waals surface area contributed by atoms with E-state index in [1.54, 1.807) is 30.7 Å². The fraction of sp³-hybridized carbons (Fsp3) is 0.192. The molecule has 2 N–H and O–H groups in total. The van der Waals surface area contributed by atoms with Gasteiger partial charge in [-0.05, 0) is 42.8 Å². The molecular weight excluding hydrogens is 483 g/mol. The predicted molar refractivity (Wildman–Crippen MR) is 133 cm³/mol. The van der Waals surface area contributed by atoms with Crippen LogP contribution in [0.3, 0.4) is 0 Å². The molecule has 0 fully saturated rings. The van der Waals surface area contributed by atoms with Gasteiger partial charge in [-0.15, -0.1) is 0 Å². The summed E-state index contributed by atoms with van der Waals surface area (Å²) in [6.45, 7) is 3.18. The maximum absolute atomic E-state index is 13.3. The zero-order valence-electron chi connectivity index (χ0n) is 19.8. The summed E-state index contributed by atoms with van der Waals surface area (Å²) in [4.78, 5) is 31.6. The summed E-state index contributed by atoms with van der Waals surface area (Å²) in [5.74, 6) is -0.366. The van der Waals surface area contributed by atoms with Crippen molar-refractivity contribution in [2.75, 3.05) is 22.1 Å². The van der Waals surface area contributed by atoms with Gasteiger partial charge in [0, 0.05) is 73.1 Å². The lowest BCUT2D eigenvalue weighted by Gasteiger charge is -2.31. The molecule has 4 heterocycles. The number of halogens is 3. The molecule has 0 saturated heterocycles. The Balaban J connectivity index is 1.33. The number of hydrogen-bond donors (Lipinski definition) is 2. The van der Waals surface area contributed by atoms with E-state index in [2.05, 4.69) is 35.5 Å². The van der Waals surface area contributed by atoms with Crippen molar-refractivity contribution in [3.05, 3.63) is 95.3 Å². The molecule has 0 bridgehead atoms. The number of hydrogen-bond acceptors (Lipinski definition) is 7. The second kappa shape index (κ2) is 9.84. The molecule has 37 heavy (non-hydrogen) atoms. The van der Waals surface area contributed by atoms with Crippen LogP contribution in [0.4, 0.5) is 36.2 Å². The number of fused-ring (bicyclic) bond motifs is 1. The number of benzene rings is 1. The highest BCUT2D eigenvalue weighted by Crippen LogP contribution is 2.33. The Kier molecular flexibility index (Phi) is 6.43. The van der Waals surface area contributed by atoms with Crippen LogP contribution in [0.25, 0.3) is 0 Å². The number of pyridine rings is 2. The van der Waals surface area contributed by atoms with Gasteiger partial charge in [-0.2, -0.15) is 13.2 Å². The number of carbonyl (C=O) groups is 1. The summed E-state index contributed by atoms with van der Waals surface area (Å²) in [6, 6.07) is 9.71. The molecule has 0 atom stereocenters. The summed E-state index contributed by atoms with van der Waals surface area (Å²) in [5.41, 5.74) is 3.43. The number of rotatable bonds is 5. The SMILES string of the molecule is Cc1ccc(NC(=O)c2cnccc2C(F)(F)F)cc1N1CCc2nc(Nc3ccncc3)ncc2C1. The molecule has 3 aromatic heterocycles. The van der Waals surface area contributed by atoms with Crippen LogP contribution in [0, 0.1) is 6.92 Å². The Morgan fingerprint density at radius 1 is 1.00 bits per heavy atom. The molecule has 1 amide bonds. The first kappa shape index (κ1) is 24.2. The standard InChI is InChI=1S/C26H22F3N7O/c1-16-2-3-19(33-24(37)20-14-31-10-6-21(20)26(27,28)29)12-23(16)36-11-7-22-17(15-36)13-32-25(35-22)34-18-4-8-30-9-5-18/h2-6,8-10,12-14H,7,11,15H2,1H3,(H,33,37)(H,30,32,34,35). The number of alkyl halides is 3. The Morgan fingerprint density at radius 2 is 1.78 bits per heavy atom. The molecular formula is C26H22F3N7O. The molecule has 0 saturated carbocycles. The second-order valence-electron chi connectivity index (χ2n) is 8.57. The number of aryl methyl sites for hydroxylation is 1. The fourth-order valence-corrected chi connectivity index (χ4v) is 4.20. The van der Waals surface area contributed by atoms with Gasteiger partial charge in [0.1, 0.15) is 0 Å². The third-order valence-electron chi connectivity index (χ3n) is 6.05. The van der Waals surface area contributed by atoms with Gasteiger partial charge in [-0.3, -0.25) is 14.8 Å². The van der Waals surface area contributed by atoms with Crippen molar-refractivity contribution in [3.8, 4) is 0 Å². The normalized spacial score (nSPS) is 13.1. The molecule has 11 heteroatoms. The highest BCUT2D eigenvalue weighted by Gasteiger charge is 2.35. The molecule has 0 radical (unpaired) electrons. The minimum atomic E-state index is -4.66. The quantitative estimate of drug-likeness (QED) is 0.387. The van der Waals surface area contributed by atoms with Gasteiger partial charge in [0.15, 0.2) is 0 Å². The first-order valence-electron chi connectivity index (χ1n) is 11.5. The van der Waals surface area contributed by atoms with E-state index in [0.717, 1.165) is 46.7 Å². The van der Waals surface area contributed by atoms with Crippen molar-refractivity contribution in [1.82, 2.24) is 19.9 Å². The van der Waals surface area contributed by atoms with Gasteiger partial charge in [-0.1, -0.05) is 6.07 Å². The van der Waals surface area contributed by atoms with Crippen LogP contribution in [-0.2, 0) is 19.1 Å². The van der Waals surface area contributed by atoms with Crippen LogP contribution in [0.15, 0.2) is 67.4 Å². The Morgan fingerprint density at radius 3 is 2.57 bits per heavy atom.